The van der Waals surface area contributed by atoms with Gasteiger partial charge in [-0.25, -0.2) is 0 Å². The Labute approximate surface area is 151 Å². The quantitative estimate of drug-likeness (QED) is 0.537. The lowest BCUT2D eigenvalue weighted by Crippen LogP contribution is -2.36. The molecular weight excluding hydrogens is 330 g/mol. The number of benzene rings is 2. The number of rotatable bonds is 3. The largest absolute Gasteiger partial charge is 0.481 e. The summed E-state index contributed by atoms with van der Waals surface area (Å²) in [6.45, 7) is 4.39. The van der Waals surface area contributed by atoms with Gasteiger partial charge in [0.15, 0.2) is 0 Å². The van der Waals surface area contributed by atoms with Crippen molar-refractivity contribution in [2.24, 2.45) is 0 Å². The van der Waals surface area contributed by atoms with Crippen LogP contribution >= 0.6 is 0 Å². The molecule has 0 atom stereocenters. The fraction of sp³-hybridized carbons (Fsp3) is 0.286. The molecule has 0 radical (unpaired) electrons. The van der Waals surface area contributed by atoms with E-state index in [2.05, 4.69) is 16.7 Å². The minimum absolute atomic E-state index is 0.0503. The number of ether oxygens (including phenoxy) is 2. The van der Waals surface area contributed by atoms with Crippen LogP contribution in [0, 0.1) is 11.8 Å². The average molecular weight is 349 g/mol. The van der Waals surface area contributed by atoms with Crippen LogP contribution in [-0.4, -0.2) is 44.4 Å². The Morgan fingerprint density at radius 3 is 2.69 bits per heavy atom. The summed E-state index contributed by atoms with van der Waals surface area (Å²) in [5.74, 6) is 6.74. The van der Waals surface area contributed by atoms with E-state index in [0.29, 0.717) is 27.7 Å². The summed E-state index contributed by atoms with van der Waals surface area (Å²) in [6.07, 6.45) is 0. The first-order chi connectivity index (χ1) is 12.8. The summed E-state index contributed by atoms with van der Waals surface area (Å²) in [7, 11) is 0. The van der Waals surface area contributed by atoms with Crippen molar-refractivity contribution in [2.45, 2.75) is 0 Å². The summed E-state index contributed by atoms with van der Waals surface area (Å²) in [4.78, 5) is 14.9. The third-order valence-electron chi connectivity index (χ3n) is 4.39. The molecule has 1 aliphatic rings. The normalized spacial score (nSPS) is 14.9. The number of nitrogens with zero attached hydrogens (tertiary/aromatic N) is 1. The lowest BCUT2D eigenvalue weighted by molar-refractivity contribution is 0.0443. The standard InChI is InChI=1S/C21H19NO4/c23-21-17-5-1-2-6-19(17)26-20-8-7-16(15-18(20)21)25-12-4-3-9-22-10-13-24-14-11-22/h1-2,5-8,15H,9-14H2. The lowest BCUT2D eigenvalue weighted by Gasteiger charge is -2.24. The van der Waals surface area contributed by atoms with Gasteiger partial charge in [-0.2, -0.15) is 0 Å². The van der Waals surface area contributed by atoms with Crippen LogP contribution in [0.5, 0.6) is 5.75 Å². The van der Waals surface area contributed by atoms with Crippen molar-refractivity contribution in [1.29, 1.82) is 0 Å². The summed E-state index contributed by atoms with van der Waals surface area (Å²) >= 11 is 0. The van der Waals surface area contributed by atoms with E-state index in [1.54, 1.807) is 30.3 Å². The number of fused-ring (bicyclic) bond motifs is 2. The molecule has 1 aromatic heterocycles. The van der Waals surface area contributed by atoms with Gasteiger partial charge in [-0.15, -0.1) is 0 Å². The molecule has 4 rings (SSSR count). The van der Waals surface area contributed by atoms with Crippen molar-refractivity contribution in [3.8, 4) is 17.6 Å². The Morgan fingerprint density at radius 2 is 1.81 bits per heavy atom. The van der Waals surface area contributed by atoms with Crippen molar-refractivity contribution in [3.05, 3.63) is 52.7 Å². The highest BCUT2D eigenvalue weighted by Gasteiger charge is 2.09. The predicted molar refractivity (Wildman–Crippen MR) is 101 cm³/mol. The van der Waals surface area contributed by atoms with E-state index >= 15 is 0 Å². The second-order valence-corrected chi connectivity index (χ2v) is 6.12. The van der Waals surface area contributed by atoms with Gasteiger partial charge < -0.3 is 13.9 Å². The first kappa shape index (κ1) is 16.6. The Balaban J connectivity index is 1.46. The van der Waals surface area contributed by atoms with Crippen molar-refractivity contribution in [1.82, 2.24) is 4.90 Å². The highest BCUT2D eigenvalue weighted by molar-refractivity contribution is 5.90. The van der Waals surface area contributed by atoms with Crippen LogP contribution in [0.15, 0.2) is 51.7 Å². The molecule has 26 heavy (non-hydrogen) atoms. The highest BCUT2D eigenvalue weighted by Crippen LogP contribution is 2.22. The van der Waals surface area contributed by atoms with Crippen LogP contribution in [-0.2, 0) is 4.74 Å². The third-order valence-corrected chi connectivity index (χ3v) is 4.39. The zero-order valence-corrected chi connectivity index (χ0v) is 14.4. The summed E-state index contributed by atoms with van der Waals surface area (Å²) in [5.41, 5.74) is 1.10. The molecule has 1 saturated heterocycles. The first-order valence-electron chi connectivity index (χ1n) is 8.65. The molecule has 1 aliphatic heterocycles. The number of hydrogen-bond donors (Lipinski definition) is 0. The number of hydrogen-bond acceptors (Lipinski definition) is 5. The molecule has 132 valence electrons. The van der Waals surface area contributed by atoms with Crippen LogP contribution in [0.3, 0.4) is 0 Å². The van der Waals surface area contributed by atoms with Gasteiger partial charge in [0.2, 0.25) is 5.43 Å². The zero-order chi connectivity index (χ0) is 17.8. The van der Waals surface area contributed by atoms with Crippen molar-refractivity contribution >= 4 is 21.9 Å². The maximum Gasteiger partial charge on any atom is 0.200 e. The second-order valence-electron chi connectivity index (χ2n) is 6.12. The minimum Gasteiger partial charge on any atom is -0.481 e. The molecule has 0 bridgehead atoms. The van der Waals surface area contributed by atoms with Gasteiger partial charge in [0.1, 0.15) is 23.5 Å². The highest BCUT2D eigenvalue weighted by atomic mass is 16.5. The predicted octanol–water partition coefficient (Wildman–Crippen LogP) is 2.66. The third kappa shape index (κ3) is 3.57. The summed E-state index contributed by atoms with van der Waals surface area (Å²) < 4.78 is 16.8. The maximum absolute atomic E-state index is 12.6. The SMILES string of the molecule is O=c1c2ccccc2oc2ccc(OCC#CCN3CCOCC3)cc12. The molecule has 1 fully saturated rings. The Hall–Kier alpha value is -2.81. The fourth-order valence-corrected chi connectivity index (χ4v) is 2.97. The first-order valence-corrected chi connectivity index (χ1v) is 8.65. The zero-order valence-electron chi connectivity index (χ0n) is 14.4. The molecule has 0 unspecified atom stereocenters. The minimum atomic E-state index is -0.0503. The van der Waals surface area contributed by atoms with Gasteiger partial charge in [-0.1, -0.05) is 24.0 Å². The van der Waals surface area contributed by atoms with Crippen LogP contribution < -0.4 is 10.2 Å². The Kier molecular flexibility index (Phi) is 4.87. The fourth-order valence-electron chi connectivity index (χ4n) is 2.97. The van der Waals surface area contributed by atoms with Crippen molar-refractivity contribution < 1.29 is 13.9 Å². The van der Waals surface area contributed by atoms with E-state index in [4.69, 9.17) is 13.9 Å². The van der Waals surface area contributed by atoms with Crippen LogP contribution in [0.25, 0.3) is 21.9 Å². The number of para-hydroxylation sites is 1. The molecule has 0 N–H and O–H groups in total. The van der Waals surface area contributed by atoms with Crippen LogP contribution in [0.1, 0.15) is 0 Å². The lowest BCUT2D eigenvalue weighted by atomic mass is 10.1. The molecule has 0 amide bonds. The molecule has 0 spiro atoms. The number of morpholine rings is 1. The van der Waals surface area contributed by atoms with E-state index in [1.165, 1.54) is 0 Å². The molecule has 0 saturated carbocycles. The summed E-state index contributed by atoms with van der Waals surface area (Å²) in [6, 6.07) is 12.5. The van der Waals surface area contributed by atoms with E-state index in [0.717, 1.165) is 32.8 Å². The van der Waals surface area contributed by atoms with Gasteiger partial charge >= 0.3 is 0 Å². The Morgan fingerprint density at radius 1 is 1.00 bits per heavy atom. The van der Waals surface area contributed by atoms with Gasteiger partial charge in [0, 0.05) is 13.1 Å². The summed E-state index contributed by atoms with van der Waals surface area (Å²) in [5, 5.41) is 1.09. The molecule has 5 nitrogen and oxygen atoms in total. The smallest absolute Gasteiger partial charge is 0.200 e. The van der Waals surface area contributed by atoms with E-state index in [1.807, 2.05) is 12.1 Å². The second kappa shape index (κ2) is 7.61. The molecular formula is C21H19NO4. The molecule has 0 aliphatic carbocycles. The Bertz CT molecular complexity index is 1040. The molecule has 5 heteroatoms. The molecule has 2 heterocycles. The molecule has 3 aromatic rings. The topological polar surface area (TPSA) is 51.9 Å². The van der Waals surface area contributed by atoms with Gasteiger partial charge in [0.25, 0.3) is 0 Å². The van der Waals surface area contributed by atoms with E-state index in [-0.39, 0.29) is 12.0 Å². The monoisotopic (exact) mass is 349 g/mol. The van der Waals surface area contributed by atoms with Crippen molar-refractivity contribution in [3.63, 3.8) is 0 Å². The molecule has 2 aromatic carbocycles. The van der Waals surface area contributed by atoms with Crippen LogP contribution in [0.4, 0.5) is 0 Å². The average Bonchev–Trinajstić information content (AvgIpc) is 2.69. The van der Waals surface area contributed by atoms with Gasteiger partial charge in [-0.3, -0.25) is 9.69 Å². The maximum atomic E-state index is 12.6. The van der Waals surface area contributed by atoms with E-state index < -0.39 is 0 Å². The van der Waals surface area contributed by atoms with Gasteiger partial charge in [-0.05, 0) is 30.3 Å². The van der Waals surface area contributed by atoms with Crippen LogP contribution in [0.2, 0.25) is 0 Å². The van der Waals surface area contributed by atoms with E-state index in [9.17, 15) is 4.79 Å². The van der Waals surface area contributed by atoms with Gasteiger partial charge in [0.05, 0.1) is 30.5 Å². The van der Waals surface area contributed by atoms with Crippen molar-refractivity contribution in [2.75, 3.05) is 39.5 Å².